The van der Waals surface area contributed by atoms with Crippen LogP contribution in [-0.2, 0) is 4.79 Å². The van der Waals surface area contributed by atoms with Crippen LogP contribution < -0.4 is 5.32 Å². The minimum atomic E-state index is -0.281. The molecule has 6 heteroatoms. The summed E-state index contributed by atoms with van der Waals surface area (Å²) in [6.45, 7) is 3.31. The van der Waals surface area contributed by atoms with Gasteiger partial charge in [0.2, 0.25) is 5.91 Å². The van der Waals surface area contributed by atoms with Crippen molar-refractivity contribution in [2.24, 2.45) is 0 Å². The minimum Gasteiger partial charge on any atom is -0.333 e. The van der Waals surface area contributed by atoms with Crippen LogP contribution in [0.3, 0.4) is 0 Å². The smallest absolute Gasteiger partial charge is 0.221 e. The summed E-state index contributed by atoms with van der Waals surface area (Å²) in [5.74, 6) is -0.123. The van der Waals surface area contributed by atoms with E-state index in [0.29, 0.717) is 16.4 Å². The predicted octanol–water partition coefficient (Wildman–Crippen LogP) is 4.40. The van der Waals surface area contributed by atoms with Gasteiger partial charge in [0.15, 0.2) is 10.9 Å². The molecule has 0 aliphatic heterocycles. The van der Waals surface area contributed by atoms with E-state index >= 15 is 0 Å². The lowest BCUT2D eigenvalue weighted by Crippen LogP contribution is -2.14. The summed E-state index contributed by atoms with van der Waals surface area (Å²) in [6, 6.07) is 16.8. The van der Waals surface area contributed by atoms with Gasteiger partial charge in [0.25, 0.3) is 0 Å². The number of Topliss-reactive ketones (excluding diaryl/α,β-unsaturated/α-hetero) is 1. The fourth-order valence-electron chi connectivity index (χ4n) is 2.50. The zero-order chi connectivity index (χ0) is 18.5. The van der Waals surface area contributed by atoms with Gasteiger partial charge in [-0.25, -0.2) is 4.98 Å². The lowest BCUT2D eigenvalue weighted by atomic mass is 10.1. The predicted molar refractivity (Wildman–Crippen MR) is 104 cm³/mol. The van der Waals surface area contributed by atoms with Gasteiger partial charge in [-0.2, -0.15) is 0 Å². The number of anilines is 1. The molecule has 1 atom stereocenters. The molecule has 0 unspecified atom stereocenters. The number of aromatic amines is 1. The lowest BCUT2D eigenvalue weighted by molar-refractivity contribution is -0.114. The second-order valence-electron chi connectivity index (χ2n) is 5.85. The number of benzene rings is 2. The largest absolute Gasteiger partial charge is 0.333 e. The van der Waals surface area contributed by atoms with E-state index in [1.807, 2.05) is 37.3 Å². The first-order valence-electron chi connectivity index (χ1n) is 8.22. The number of nitrogens with one attached hydrogen (secondary N) is 2. The first kappa shape index (κ1) is 17.9. The molecular formula is C20H19N3O2S. The highest BCUT2D eigenvalue weighted by Crippen LogP contribution is 2.26. The molecule has 0 saturated heterocycles. The van der Waals surface area contributed by atoms with Crippen molar-refractivity contribution in [3.05, 3.63) is 66.4 Å². The maximum absolute atomic E-state index is 12.6. The second kappa shape index (κ2) is 8.01. The van der Waals surface area contributed by atoms with Crippen LogP contribution in [0.2, 0.25) is 0 Å². The fourth-order valence-corrected chi connectivity index (χ4v) is 3.36. The van der Waals surface area contributed by atoms with Gasteiger partial charge in [0.1, 0.15) is 0 Å². The van der Waals surface area contributed by atoms with E-state index in [9.17, 15) is 9.59 Å². The first-order valence-corrected chi connectivity index (χ1v) is 9.10. The standard InChI is InChI=1S/C20H19N3O2S/c1-13(19(25)16-8-10-17(11-9-16)22-14(2)24)26-20-21-12-18(23-20)15-6-4-3-5-7-15/h3-13H,1-2H3,(H,21,23)(H,22,24)/t13-/m0/s1. The Kier molecular flexibility index (Phi) is 5.53. The van der Waals surface area contributed by atoms with E-state index in [0.717, 1.165) is 11.3 Å². The molecule has 3 rings (SSSR count). The molecule has 26 heavy (non-hydrogen) atoms. The van der Waals surface area contributed by atoms with Crippen LogP contribution in [0, 0.1) is 0 Å². The number of ketones is 1. The fraction of sp³-hybridized carbons (Fsp3) is 0.150. The molecule has 0 radical (unpaired) electrons. The van der Waals surface area contributed by atoms with E-state index in [-0.39, 0.29) is 16.9 Å². The van der Waals surface area contributed by atoms with Crippen molar-refractivity contribution in [3.63, 3.8) is 0 Å². The van der Waals surface area contributed by atoms with Gasteiger partial charge in [-0.3, -0.25) is 9.59 Å². The normalized spacial score (nSPS) is 11.8. The Morgan fingerprint density at radius 2 is 1.77 bits per heavy atom. The SMILES string of the molecule is CC(=O)Nc1ccc(C(=O)[C@H](C)Sc2ncc(-c3ccccc3)[nH]2)cc1. The molecular weight excluding hydrogens is 346 g/mol. The van der Waals surface area contributed by atoms with Gasteiger partial charge in [0.05, 0.1) is 17.1 Å². The Hall–Kier alpha value is -2.86. The number of nitrogens with zero attached hydrogens (tertiary/aromatic N) is 1. The molecule has 1 heterocycles. The van der Waals surface area contributed by atoms with Gasteiger partial charge in [-0.05, 0) is 36.8 Å². The maximum atomic E-state index is 12.6. The van der Waals surface area contributed by atoms with Gasteiger partial charge in [0, 0.05) is 18.2 Å². The highest BCUT2D eigenvalue weighted by atomic mass is 32.2. The number of H-pyrrole nitrogens is 1. The van der Waals surface area contributed by atoms with Gasteiger partial charge in [-0.1, -0.05) is 42.1 Å². The molecule has 1 aromatic heterocycles. The number of rotatable bonds is 6. The number of carbonyl (C=O) groups is 2. The van der Waals surface area contributed by atoms with Crippen molar-refractivity contribution in [3.8, 4) is 11.3 Å². The lowest BCUT2D eigenvalue weighted by Gasteiger charge is -2.09. The third-order valence-corrected chi connectivity index (χ3v) is 4.78. The summed E-state index contributed by atoms with van der Waals surface area (Å²) in [5, 5.41) is 3.11. The monoisotopic (exact) mass is 365 g/mol. The average molecular weight is 365 g/mol. The number of hydrogen-bond donors (Lipinski definition) is 2. The number of carbonyl (C=O) groups excluding carboxylic acids is 2. The Balaban J connectivity index is 1.66. The van der Waals surface area contributed by atoms with Crippen LogP contribution in [0.4, 0.5) is 5.69 Å². The Bertz CT molecular complexity index is 904. The van der Waals surface area contributed by atoms with Crippen LogP contribution in [-0.4, -0.2) is 26.9 Å². The van der Waals surface area contributed by atoms with Gasteiger partial charge in [-0.15, -0.1) is 0 Å². The molecule has 0 fully saturated rings. The van der Waals surface area contributed by atoms with Crippen molar-refractivity contribution in [2.75, 3.05) is 5.32 Å². The molecule has 1 amide bonds. The molecule has 2 aromatic carbocycles. The molecule has 0 aliphatic carbocycles. The third-order valence-electron chi connectivity index (χ3n) is 3.78. The zero-order valence-corrected chi connectivity index (χ0v) is 15.3. The summed E-state index contributed by atoms with van der Waals surface area (Å²) in [5.41, 5.74) is 3.26. The summed E-state index contributed by atoms with van der Waals surface area (Å²) in [4.78, 5) is 31.3. The number of amides is 1. The molecule has 5 nitrogen and oxygen atoms in total. The minimum absolute atomic E-state index is 0.0158. The molecule has 0 saturated carbocycles. The first-order chi connectivity index (χ1) is 12.5. The second-order valence-corrected chi connectivity index (χ2v) is 7.18. The van der Waals surface area contributed by atoms with Crippen molar-refractivity contribution < 1.29 is 9.59 Å². The Morgan fingerprint density at radius 1 is 1.08 bits per heavy atom. The molecule has 0 aliphatic rings. The molecule has 0 spiro atoms. The van der Waals surface area contributed by atoms with Crippen LogP contribution >= 0.6 is 11.8 Å². The maximum Gasteiger partial charge on any atom is 0.221 e. The van der Waals surface area contributed by atoms with E-state index < -0.39 is 0 Å². The quantitative estimate of drug-likeness (QED) is 0.501. The van der Waals surface area contributed by atoms with Crippen molar-refractivity contribution >= 4 is 29.1 Å². The van der Waals surface area contributed by atoms with E-state index in [4.69, 9.17) is 0 Å². The van der Waals surface area contributed by atoms with Crippen molar-refractivity contribution in [1.82, 2.24) is 9.97 Å². The number of imidazole rings is 1. The molecule has 2 N–H and O–H groups in total. The van der Waals surface area contributed by atoms with E-state index in [2.05, 4.69) is 15.3 Å². The zero-order valence-electron chi connectivity index (χ0n) is 14.5. The van der Waals surface area contributed by atoms with Crippen LogP contribution in [0.1, 0.15) is 24.2 Å². The summed E-state index contributed by atoms with van der Waals surface area (Å²) in [6.07, 6.45) is 1.77. The highest BCUT2D eigenvalue weighted by Gasteiger charge is 2.18. The van der Waals surface area contributed by atoms with Crippen molar-refractivity contribution in [2.45, 2.75) is 24.3 Å². The van der Waals surface area contributed by atoms with E-state index in [1.165, 1.54) is 18.7 Å². The van der Waals surface area contributed by atoms with Crippen LogP contribution in [0.15, 0.2) is 66.0 Å². The Labute approximate surface area is 156 Å². The molecule has 0 bridgehead atoms. The number of thioether (sulfide) groups is 1. The molecule has 132 valence electrons. The number of hydrogen-bond acceptors (Lipinski definition) is 4. The summed E-state index contributed by atoms with van der Waals surface area (Å²) < 4.78 is 0. The van der Waals surface area contributed by atoms with Crippen LogP contribution in [0.25, 0.3) is 11.3 Å². The highest BCUT2D eigenvalue weighted by molar-refractivity contribution is 8.00. The Morgan fingerprint density at radius 3 is 2.42 bits per heavy atom. The number of aromatic nitrogens is 2. The average Bonchev–Trinajstić information content (AvgIpc) is 3.10. The topological polar surface area (TPSA) is 74.8 Å². The van der Waals surface area contributed by atoms with Gasteiger partial charge < -0.3 is 10.3 Å². The molecule has 3 aromatic rings. The van der Waals surface area contributed by atoms with E-state index in [1.54, 1.807) is 30.5 Å². The van der Waals surface area contributed by atoms with Crippen LogP contribution in [0.5, 0.6) is 0 Å². The van der Waals surface area contributed by atoms with Crippen molar-refractivity contribution in [1.29, 1.82) is 0 Å². The third kappa shape index (κ3) is 4.40. The summed E-state index contributed by atoms with van der Waals surface area (Å²) in [7, 11) is 0. The summed E-state index contributed by atoms with van der Waals surface area (Å²) >= 11 is 1.39. The van der Waals surface area contributed by atoms with Gasteiger partial charge >= 0.3 is 0 Å².